The molecule has 2 heterocycles. The van der Waals surface area contributed by atoms with E-state index >= 15 is 0 Å². The first-order chi connectivity index (χ1) is 9.67. The number of rotatable bonds is 6. The zero-order valence-electron chi connectivity index (χ0n) is 11.9. The average Bonchev–Trinajstić information content (AvgIpc) is 2.93. The van der Waals surface area contributed by atoms with Gasteiger partial charge in [-0.25, -0.2) is 14.6 Å². The maximum Gasteiger partial charge on any atom is 0.217 e. The van der Waals surface area contributed by atoms with Crippen molar-refractivity contribution in [2.45, 2.75) is 32.4 Å². The standard InChI is InChI=1S/C13H20N6O/c1-9(2)19-12(16-8-17-19)7-11(18-14)10-5-4-6-15-13(10)20-3/h4-6,8-9,11,18H,7,14H2,1-3H3. The molecule has 0 aliphatic heterocycles. The minimum absolute atomic E-state index is 0.139. The zero-order valence-corrected chi connectivity index (χ0v) is 11.9. The van der Waals surface area contributed by atoms with Gasteiger partial charge >= 0.3 is 0 Å². The minimum Gasteiger partial charge on any atom is -0.481 e. The molecule has 2 aromatic rings. The van der Waals surface area contributed by atoms with E-state index in [9.17, 15) is 0 Å². The molecular weight excluding hydrogens is 256 g/mol. The second-order valence-corrected chi connectivity index (χ2v) is 4.74. The monoisotopic (exact) mass is 276 g/mol. The number of hydrogen-bond acceptors (Lipinski definition) is 6. The molecule has 0 aliphatic rings. The Labute approximate surface area is 118 Å². The highest BCUT2D eigenvalue weighted by atomic mass is 16.5. The van der Waals surface area contributed by atoms with Crippen LogP contribution >= 0.6 is 0 Å². The van der Waals surface area contributed by atoms with Gasteiger partial charge in [0.05, 0.1) is 13.2 Å². The summed E-state index contributed by atoms with van der Waals surface area (Å²) in [5, 5.41) is 4.23. The lowest BCUT2D eigenvalue weighted by Gasteiger charge is -2.18. The number of methoxy groups -OCH3 is 1. The quantitative estimate of drug-likeness (QED) is 0.604. The van der Waals surface area contributed by atoms with Gasteiger partial charge in [0.2, 0.25) is 5.88 Å². The molecule has 3 N–H and O–H groups in total. The van der Waals surface area contributed by atoms with Crippen molar-refractivity contribution in [1.82, 2.24) is 25.2 Å². The summed E-state index contributed by atoms with van der Waals surface area (Å²) in [4.78, 5) is 8.49. The Kier molecular flexibility index (Phi) is 4.65. The summed E-state index contributed by atoms with van der Waals surface area (Å²) in [7, 11) is 1.59. The summed E-state index contributed by atoms with van der Waals surface area (Å²) in [6.45, 7) is 4.13. The van der Waals surface area contributed by atoms with Crippen molar-refractivity contribution in [1.29, 1.82) is 0 Å². The molecule has 7 nitrogen and oxygen atoms in total. The van der Waals surface area contributed by atoms with Gasteiger partial charge in [0.1, 0.15) is 12.2 Å². The molecule has 2 aromatic heterocycles. The predicted octanol–water partition coefficient (Wildman–Crippen LogP) is 1.01. The van der Waals surface area contributed by atoms with Crippen LogP contribution in [0.3, 0.4) is 0 Å². The van der Waals surface area contributed by atoms with Crippen LogP contribution in [0.25, 0.3) is 0 Å². The second kappa shape index (κ2) is 6.44. The summed E-state index contributed by atoms with van der Waals surface area (Å²) in [6.07, 6.45) is 3.85. The van der Waals surface area contributed by atoms with Crippen LogP contribution < -0.4 is 16.0 Å². The van der Waals surface area contributed by atoms with Crippen LogP contribution in [0.15, 0.2) is 24.7 Å². The van der Waals surface area contributed by atoms with E-state index in [0.717, 1.165) is 11.4 Å². The number of hydrazine groups is 1. The summed E-state index contributed by atoms with van der Waals surface area (Å²) in [5.41, 5.74) is 3.70. The molecule has 0 bridgehead atoms. The highest BCUT2D eigenvalue weighted by Crippen LogP contribution is 2.24. The Hall–Kier alpha value is -1.99. The molecule has 0 aromatic carbocycles. The molecule has 108 valence electrons. The van der Waals surface area contributed by atoms with Gasteiger partial charge in [-0.15, -0.1) is 0 Å². The number of hydrogen-bond donors (Lipinski definition) is 2. The van der Waals surface area contributed by atoms with E-state index in [1.807, 2.05) is 16.8 Å². The van der Waals surface area contributed by atoms with Crippen LogP contribution in [-0.4, -0.2) is 26.9 Å². The highest BCUT2D eigenvalue weighted by molar-refractivity contribution is 5.29. The van der Waals surface area contributed by atoms with Crippen LogP contribution in [-0.2, 0) is 6.42 Å². The van der Waals surface area contributed by atoms with Gasteiger partial charge < -0.3 is 4.74 Å². The summed E-state index contributed by atoms with van der Waals surface area (Å²) < 4.78 is 7.16. The van der Waals surface area contributed by atoms with Gasteiger partial charge in [-0.2, -0.15) is 5.10 Å². The fraction of sp³-hybridized carbons (Fsp3) is 0.462. The van der Waals surface area contributed by atoms with Gasteiger partial charge in [-0.1, -0.05) is 6.07 Å². The number of pyridine rings is 1. The second-order valence-electron chi connectivity index (χ2n) is 4.74. The molecule has 20 heavy (non-hydrogen) atoms. The fourth-order valence-corrected chi connectivity index (χ4v) is 2.13. The number of aromatic nitrogens is 4. The summed E-state index contributed by atoms with van der Waals surface area (Å²) in [5.74, 6) is 7.11. The van der Waals surface area contributed by atoms with Crippen LogP contribution in [0, 0.1) is 0 Å². The summed E-state index contributed by atoms with van der Waals surface area (Å²) in [6, 6.07) is 3.91. The maximum absolute atomic E-state index is 5.68. The Balaban J connectivity index is 2.27. The smallest absolute Gasteiger partial charge is 0.217 e. The Morgan fingerprint density at radius 1 is 1.40 bits per heavy atom. The third kappa shape index (κ3) is 2.94. The van der Waals surface area contributed by atoms with Crippen LogP contribution in [0.5, 0.6) is 5.88 Å². The van der Waals surface area contributed by atoms with E-state index in [0.29, 0.717) is 12.3 Å². The van der Waals surface area contributed by atoms with Gasteiger partial charge in [-0.3, -0.25) is 11.3 Å². The average molecular weight is 276 g/mol. The molecule has 7 heteroatoms. The van der Waals surface area contributed by atoms with Gasteiger partial charge in [-0.05, 0) is 19.9 Å². The van der Waals surface area contributed by atoms with Gasteiger partial charge in [0, 0.05) is 24.2 Å². The number of nitrogens with two attached hydrogens (primary N) is 1. The van der Waals surface area contributed by atoms with Crippen LogP contribution in [0.4, 0.5) is 0 Å². The van der Waals surface area contributed by atoms with Crippen molar-refractivity contribution < 1.29 is 4.74 Å². The topological polar surface area (TPSA) is 90.9 Å². The van der Waals surface area contributed by atoms with Gasteiger partial charge in [0.25, 0.3) is 0 Å². The van der Waals surface area contributed by atoms with E-state index in [-0.39, 0.29) is 12.1 Å². The molecule has 0 saturated carbocycles. The van der Waals surface area contributed by atoms with Crippen LogP contribution in [0.2, 0.25) is 0 Å². The molecule has 0 aliphatic carbocycles. The molecular formula is C13H20N6O. The molecule has 1 atom stereocenters. The molecule has 0 amide bonds. The third-order valence-electron chi connectivity index (χ3n) is 3.09. The van der Waals surface area contributed by atoms with Gasteiger partial charge in [0.15, 0.2) is 0 Å². The normalized spacial score (nSPS) is 12.7. The van der Waals surface area contributed by atoms with Crippen molar-refractivity contribution in [3.05, 3.63) is 36.0 Å². The molecule has 0 fully saturated rings. The zero-order chi connectivity index (χ0) is 14.5. The minimum atomic E-state index is -0.139. The van der Waals surface area contributed by atoms with E-state index in [1.165, 1.54) is 0 Å². The maximum atomic E-state index is 5.68. The van der Waals surface area contributed by atoms with Crippen molar-refractivity contribution in [3.8, 4) is 5.88 Å². The van der Waals surface area contributed by atoms with E-state index < -0.39 is 0 Å². The van der Waals surface area contributed by atoms with Crippen molar-refractivity contribution >= 4 is 0 Å². The van der Waals surface area contributed by atoms with Crippen molar-refractivity contribution in [2.24, 2.45) is 5.84 Å². The third-order valence-corrected chi connectivity index (χ3v) is 3.09. The lowest BCUT2D eigenvalue weighted by Crippen LogP contribution is -2.31. The number of ether oxygens (including phenoxy) is 1. The molecule has 0 radical (unpaired) electrons. The van der Waals surface area contributed by atoms with E-state index in [4.69, 9.17) is 10.6 Å². The SMILES string of the molecule is COc1ncccc1C(Cc1ncnn1C(C)C)NN. The Morgan fingerprint density at radius 2 is 2.20 bits per heavy atom. The van der Waals surface area contributed by atoms with Crippen LogP contribution in [0.1, 0.15) is 37.3 Å². The number of nitrogens with zero attached hydrogens (tertiary/aromatic N) is 4. The number of nitrogens with one attached hydrogen (secondary N) is 1. The Bertz CT molecular complexity index is 553. The molecule has 1 unspecified atom stereocenters. The molecule has 2 rings (SSSR count). The lowest BCUT2D eigenvalue weighted by molar-refractivity contribution is 0.379. The predicted molar refractivity (Wildman–Crippen MR) is 75.0 cm³/mol. The first-order valence-electron chi connectivity index (χ1n) is 6.50. The van der Waals surface area contributed by atoms with E-state index in [1.54, 1.807) is 19.6 Å². The van der Waals surface area contributed by atoms with Crippen molar-refractivity contribution in [3.63, 3.8) is 0 Å². The fourth-order valence-electron chi connectivity index (χ4n) is 2.13. The Morgan fingerprint density at radius 3 is 2.85 bits per heavy atom. The van der Waals surface area contributed by atoms with Crippen molar-refractivity contribution in [2.75, 3.05) is 7.11 Å². The first-order valence-corrected chi connectivity index (χ1v) is 6.50. The molecule has 0 saturated heterocycles. The highest BCUT2D eigenvalue weighted by Gasteiger charge is 2.19. The van der Waals surface area contributed by atoms with E-state index in [2.05, 4.69) is 34.3 Å². The lowest BCUT2D eigenvalue weighted by atomic mass is 10.1. The first kappa shape index (κ1) is 14.4. The summed E-state index contributed by atoms with van der Waals surface area (Å²) >= 11 is 0. The largest absolute Gasteiger partial charge is 0.481 e. The molecule has 0 spiro atoms.